The Morgan fingerprint density at radius 3 is 2.59 bits per heavy atom. The highest BCUT2D eigenvalue weighted by Crippen LogP contribution is 2.27. The molecule has 14 heteroatoms. The minimum Gasteiger partial charge on any atom is -0.493 e. The first-order chi connectivity index (χ1) is 16.0. The highest BCUT2D eigenvalue weighted by atomic mass is 35.5. The molecule has 1 amide bonds. The number of nitrogens with two attached hydrogens (primary N) is 1. The van der Waals surface area contributed by atoms with E-state index >= 15 is 0 Å². The Morgan fingerprint density at radius 2 is 1.94 bits per heavy atom. The van der Waals surface area contributed by atoms with Gasteiger partial charge in [-0.05, 0) is 61.4 Å². The quantitative estimate of drug-likeness (QED) is 0.348. The van der Waals surface area contributed by atoms with Crippen LogP contribution in [-0.2, 0) is 6.54 Å². The third kappa shape index (κ3) is 5.10. The van der Waals surface area contributed by atoms with Gasteiger partial charge in [0.1, 0.15) is 5.69 Å². The summed E-state index contributed by atoms with van der Waals surface area (Å²) in [5.41, 5.74) is 10.3. The van der Waals surface area contributed by atoms with Crippen LogP contribution in [0.3, 0.4) is 0 Å². The van der Waals surface area contributed by atoms with Crippen LogP contribution in [0.4, 0.5) is 5.82 Å². The zero-order chi connectivity index (χ0) is 23.4. The van der Waals surface area contributed by atoms with Crippen LogP contribution in [0.25, 0.3) is 5.82 Å². The monoisotopic (exact) mass is 491 g/mol. The maximum absolute atomic E-state index is 13.2. The Hall–Kier alpha value is -3.71. The minimum absolute atomic E-state index is 0. The first-order valence-electron chi connectivity index (χ1n) is 10.3. The average Bonchev–Trinajstić information content (AvgIpc) is 3.58. The van der Waals surface area contributed by atoms with Crippen LogP contribution in [-0.4, -0.2) is 69.1 Å². The topological polar surface area (TPSA) is 159 Å². The van der Waals surface area contributed by atoms with Crippen LogP contribution in [0.2, 0.25) is 0 Å². The molecular formula is C20H26ClN9O4. The number of hydrogen-bond acceptors (Lipinski definition) is 11. The summed E-state index contributed by atoms with van der Waals surface area (Å²) in [5.74, 6) is 0.711. The van der Waals surface area contributed by atoms with Crippen molar-refractivity contribution in [3.05, 3.63) is 35.2 Å². The van der Waals surface area contributed by atoms with Crippen molar-refractivity contribution >= 4 is 29.8 Å². The summed E-state index contributed by atoms with van der Waals surface area (Å²) in [6, 6.07) is 5.36. The van der Waals surface area contributed by atoms with E-state index in [1.807, 2.05) is 6.07 Å². The van der Waals surface area contributed by atoms with Crippen molar-refractivity contribution in [1.82, 2.24) is 35.6 Å². The van der Waals surface area contributed by atoms with Crippen molar-refractivity contribution in [2.24, 2.45) is 5.10 Å². The van der Waals surface area contributed by atoms with Crippen LogP contribution in [0.5, 0.6) is 11.5 Å². The van der Waals surface area contributed by atoms with Gasteiger partial charge in [0, 0.05) is 12.1 Å². The standard InChI is InChI=1S/C20H25N9O4.ClH/c1-12(13-6-7-15(31-2)16(10-13)32-3)22-24-20(30)17-14(11-28-8-4-5-9-28)23-27-29(17)19-18(21)25-33-26-19;/h6-7,10H,4-5,8-9,11H2,1-3H3,(H2,21,25)(H,24,30);1H/b22-12+;. The van der Waals surface area contributed by atoms with Crippen molar-refractivity contribution in [3.63, 3.8) is 0 Å². The Bertz CT molecular complexity index is 1170. The van der Waals surface area contributed by atoms with Gasteiger partial charge in [-0.3, -0.25) is 9.69 Å². The molecule has 4 rings (SSSR count). The number of nitrogens with one attached hydrogen (secondary N) is 1. The number of carbonyl (C=O) groups excluding carboxylic acids is 1. The number of likely N-dealkylation sites (tertiary alicyclic amines) is 1. The predicted octanol–water partition coefficient (Wildman–Crippen LogP) is 1.42. The lowest BCUT2D eigenvalue weighted by Gasteiger charge is -2.13. The molecule has 0 aliphatic carbocycles. The number of hydrazone groups is 1. The first-order valence-corrected chi connectivity index (χ1v) is 10.3. The number of methoxy groups -OCH3 is 2. The molecule has 0 spiro atoms. The van der Waals surface area contributed by atoms with E-state index in [9.17, 15) is 4.79 Å². The lowest BCUT2D eigenvalue weighted by molar-refractivity contribution is 0.0945. The maximum atomic E-state index is 13.2. The van der Waals surface area contributed by atoms with Crippen molar-refractivity contribution < 1.29 is 18.9 Å². The lowest BCUT2D eigenvalue weighted by Crippen LogP contribution is -2.26. The van der Waals surface area contributed by atoms with Gasteiger partial charge >= 0.3 is 0 Å². The van der Waals surface area contributed by atoms with E-state index in [1.54, 1.807) is 33.3 Å². The van der Waals surface area contributed by atoms with Gasteiger partial charge in [0.05, 0.1) is 19.9 Å². The second kappa shape index (κ2) is 10.9. The largest absolute Gasteiger partial charge is 0.493 e. The number of halogens is 1. The number of amides is 1. The highest BCUT2D eigenvalue weighted by molar-refractivity contribution is 6.01. The minimum atomic E-state index is -0.517. The number of nitrogen functional groups attached to an aromatic ring is 1. The first kappa shape index (κ1) is 24.9. The van der Waals surface area contributed by atoms with E-state index in [0.717, 1.165) is 31.5 Å². The van der Waals surface area contributed by atoms with E-state index in [4.69, 9.17) is 15.2 Å². The molecule has 0 radical (unpaired) electrons. The Kier molecular flexibility index (Phi) is 8.02. The molecule has 0 unspecified atom stereocenters. The molecule has 0 saturated carbocycles. The maximum Gasteiger partial charge on any atom is 0.292 e. The van der Waals surface area contributed by atoms with Crippen LogP contribution < -0.4 is 20.6 Å². The van der Waals surface area contributed by atoms with E-state index < -0.39 is 5.91 Å². The van der Waals surface area contributed by atoms with Gasteiger partial charge in [0.25, 0.3) is 5.91 Å². The Labute approximate surface area is 201 Å². The third-order valence-electron chi connectivity index (χ3n) is 5.35. The van der Waals surface area contributed by atoms with E-state index in [-0.39, 0.29) is 29.7 Å². The number of carbonyl (C=O) groups is 1. The fourth-order valence-electron chi connectivity index (χ4n) is 3.60. The number of rotatable bonds is 8. The predicted molar refractivity (Wildman–Crippen MR) is 125 cm³/mol. The summed E-state index contributed by atoms with van der Waals surface area (Å²) < 4.78 is 16.5. The average molecular weight is 492 g/mol. The van der Waals surface area contributed by atoms with Gasteiger partial charge < -0.3 is 15.2 Å². The molecule has 3 heterocycles. The summed E-state index contributed by atoms with van der Waals surface area (Å²) in [6.07, 6.45) is 2.20. The molecule has 182 valence electrons. The molecular weight excluding hydrogens is 466 g/mol. The van der Waals surface area contributed by atoms with Crippen molar-refractivity contribution in [2.45, 2.75) is 26.3 Å². The smallest absolute Gasteiger partial charge is 0.292 e. The molecule has 34 heavy (non-hydrogen) atoms. The molecule has 1 aliphatic heterocycles. The van der Waals surface area contributed by atoms with Crippen LogP contribution in [0.15, 0.2) is 27.9 Å². The van der Waals surface area contributed by atoms with Crippen LogP contribution >= 0.6 is 12.4 Å². The number of nitrogens with zero attached hydrogens (tertiary/aromatic N) is 7. The second-order valence-corrected chi connectivity index (χ2v) is 7.46. The molecule has 1 fully saturated rings. The number of aromatic nitrogens is 5. The van der Waals surface area contributed by atoms with Gasteiger partial charge in [-0.2, -0.15) is 9.78 Å². The van der Waals surface area contributed by atoms with Gasteiger partial charge in [-0.15, -0.1) is 17.5 Å². The molecule has 1 aliphatic rings. The summed E-state index contributed by atoms with van der Waals surface area (Å²) >= 11 is 0. The number of benzene rings is 1. The van der Waals surface area contributed by atoms with E-state index in [0.29, 0.717) is 29.4 Å². The van der Waals surface area contributed by atoms with Gasteiger partial charge in [-0.25, -0.2) is 10.1 Å². The summed E-state index contributed by atoms with van der Waals surface area (Å²) in [5, 5.41) is 19.8. The summed E-state index contributed by atoms with van der Waals surface area (Å²) in [4.78, 5) is 15.4. The van der Waals surface area contributed by atoms with Crippen molar-refractivity contribution in [2.75, 3.05) is 33.0 Å². The number of anilines is 1. The molecule has 2 aromatic heterocycles. The molecule has 3 N–H and O–H groups in total. The molecule has 1 aromatic carbocycles. The molecule has 3 aromatic rings. The van der Waals surface area contributed by atoms with E-state index in [2.05, 4.69) is 40.7 Å². The van der Waals surface area contributed by atoms with Crippen molar-refractivity contribution in [1.29, 1.82) is 0 Å². The fraction of sp³-hybridized carbons (Fsp3) is 0.400. The number of ether oxygens (including phenoxy) is 2. The van der Waals surface area contributed by atoms with Crippen molar-refractivity contribution in [3.8, 4) is 17.3 Å². The Balaban J connectivity index is 0.00000324. The van der Waals surface area contributed by atoms with Crippen LogP contribution in [0.1, 0.15) is 41.5 Å². The molecule has 13 nitrogen and oxygen atoms in total. The molecule has 0 bridgehead atoms. The highest BCUT2D eigenvalue weighted by Gasteiger charge is 2.27. The van der Waals surface area contributed by atoms with Gasteiger partial charge in [-0.1, -0.05) is 5.21 Å². The second-order valence-electron chi connectivity index (χ2n) is 7.46. The molecule has 0 atom stereocenters. The fourth-order valence-corrected chi connectivity index (χ4v) is 3.60. The Morgan fingerprint density at radius 1 is 1.21 bits per heavy atom. The SMILES string of the molecule is COc1ccc(/C(C)=N/NC(=O)c2c(CN3CCCC3)nnn2-c2nonc2N)cc1OC.Cl. The van der Waals surface area contributed by atoms with Crippen LogP contribution in [0, 0.1) is 0 Å². The van der Waals surface area contributed by atoms with E-state index in [1.165, 1.54) is 4.68 Å². The van der Waals surface area contributed by atoms with Gasteiger partial charge in [0.15, 0.2) is 17.2 Å². The molecule has 1 saturated heterocycles. The zero-order valence-electron chi connectivity index (χ0n) is 19.0. The third-order valence-corrected chi connectivity index (χ3v) is 5.35. The lowest BCUT2D eigenvalue weighted by atomic mass is 10.1. The zero-order valence-corrected chi connectivity index (χ0v) is 19.8. The summed E-state index contributed by atoms with van der Waals surface area (Å²) in [6.45, 7) is 4.09. The normalized spacial score (nSPS) is 14.0. The summed E-state index contributed by atoms with van der Waals surface area (Å²) in [7, 11) is 3.11. The van der Waals surface area contributed by atoms with Gasteiger partial charge in [0.2, 0.25) is 11.6 Å². The number of hydrogen-bond donors (Lipinski definition) is 2.